The van der Waals surface area contributed by atoms with E-state index in [0.29, 0.717) is 0 Å². The first-order valence-corrected chi connectivity index (χ1v) is 8.22. The number of rotatable bonds is 3. The van der Waals surface area contributed by atoms with Gasteiger partial charge in [0.2, 0.25) is 5.91 Å². The Morgan fingerprint density at radius 2 is 2.33 bits per heavy atom. The Bertz CT molecular complexity index is 643. The van der Waals surface area contributed by atoms with Gasteiger partial charge in [-0.15, -0.1) is 11.3 Å². The molecule has 0 saturated heterocycles. The van der Waals surface area contributed by atoms with Gasteiger partial charge in [-0.3, -0.25) is 4.79 Å². The lowest BCUT2D eigenvalue weighted by atomic mass is 9.89. The Labute approximate surface area is 129 Å². The summed E-state index contributed by atoms with van der Waals surface area (Å²) in [6.07, 6.45) is 3.96. The molecule has 0 fully saturated rings. The highest BCUT2D eigenvalue weighted by Crippen LogP contribution is 2.28. The van der Waals surface area contributed by atoms with Gasteiger partial charge in [0.1, 0.15) is 5.82 Å². The largest absolute Gasteiger partial charge is 0.351 e. The van der Waals surface area contributed by atoms with Crippen molar-refractivity contribution in [2.75, 3.05) is 0 Å². The van der Waals surface area contributed by atoms with E-state index in [-0.39, 0.29) is 11.9 Å². The third-order valence-electron chi connectivity index (χ3n) is 4.15. The minimum Gasteiger partial charge on any atom is -0.351 e. The fourth-order valence-corrected chi connectivity index (χ4v) is 3.66. The van der Waals surface area contributed by atoms with Gasteiger partial charge in [-0.2, -0.15) is 0 Å². The maximum atomic E-state index is 12.6. The Balaban J connectivity index is 1.69. The predicted octanol–water partition coefficient (Wildman–Crippen LogP) is 2.66. The molecule has 0 radical (unpaired) electrons. The summed E-state index contributed by atoms with van der Waals surface area (Å²) in [5.41, 5.74) is 0.579. The highest BCUT2D eigenvalue weighted by Gasteiger charge is 2.33. The maximum absolute atomic E-state index is 12.6. The number of amides is 1. The van der Waals surface area contributed by atoms with Gasteiger partial charge in [0.15, 0.2) is 0 Å². The van der Waals surface area contributed by atoms with Crippen molar-refractivity contribution in [3.63, 3.8) is 0 Å². The lowest BCUT2D eigenvalue weighted by molar-refractivity contribution is -0.126. The number of carbonyl (C=O) groups excluding carboxylic acids is 1. The first kappa shape index (κ1) is 14.3. The number of nitrogens with zero attached hydrogens (tertiary/aromatic N) is 2. The van der Waals surface area contributed by atoms with Crippen LogP contribution >= 0.6 is 11.3 Å². The zero-order valence-electron chi connectivity index (χ0n) is 12.7. The standard InChI is InChI=1S/C16H21N3OS/c1-11-9-19-10-12(6-7-14(19)17-11)18-15(20)16(2,3)13-5-4-8-21-13/h4-5,8-9,12H,6-7,10H2,1-3H3,(H,18,20)/t12-/m0/s1. The Morgan fingerprint density at radius 3 is 3.05 bits per heavy atom. The molecule has 0 aromatic carbocycles. The van der Waals surface area contributed by atoms with E-state index in [4.69, 9.17) is 0 Å². The zero-order valence-corrected chi connectivity index (χ0v) is 13.5. The predicted molar refractivity (Wildman–Crippen MR) is 84.6 cm³/mol. The van der Waals surface area contributed by atoms with E-state index < -0.39 is 5.41 Å². The second-order valence-corrected chi connectivity index (χ2v) is 7.21. The summed E-state index contributed by atoms with van der Waals surface area (Å²) >= 11 is 1.64. The van der Waals surface area contributed by atoms with E-state index in [9.17, 15) is 4.79 Å². The SMILES string of the molecule is Cc1cn2c(n1)CC[C@H](NC(=O)C(C)(C)c1cccs1)C2. The van der Waals surface area contributed by atoms with Crippen LogP contribution in [0.1, 0.15) is 36.7 Å². The summed E-state index contributed by atoms with van der Waals surface area (Å²) in [6.45, 7) is 6.81. The van der Waals surface area contributed by atoms with E-state index in [1.54, 1.807) is 11.3 Å². The number of thiophene rings is 1. The lowest BCUT2D eigenvalue weighted by Gasteiger charge is -2.29. The van der Waals surface area contributed by atoms with Crippen molar-refractivity contribution in [3.8, 4) is 0 Å². The van der Waals surface area contributed by atoms with Crippen LogP contribution in [0.4, 0.5) is 0 Å². The maximum Gasteiger partial charge on any atom is 0.231 e. The van der Waals surface area contributed by atoms with Crippen LogP contribution in [-0.2, 0) is 23.2 Å². The van der Waals surface area contributed by atoms with Gasteiger partial charge in [-0.25, -0.2) is 4.98 Å². The number of imidazole rings is 1. The Morgan fingerprint density at radius 1 is 1.52 bits per heavy atom. The minimum absolute atomic E-state index is 0.107. The second kappa shape index (κ2) is 5.30. The van der Waals surface area contributed by atoms with Crippen molar-refractivity contribution in [1.82, 2.24) is 14.9 Å². The molecule has 112 valence electrons. The summed E-state index contributed by atoms with van der Waals surface area (Å²) in [5.74, 6) is 1.24. The molecule has 1 aliphatic heterocycles. The molecule has 1 atom stereocenters. The van der Waals surface area contributed by atoms with Crippen LogP contribution in [0.2, 0.25) is 0 Å². The molecule has 5 heteroatoms. The van der Waals surface area contributed by atoms with Crippen molar-refractivity contribution in [3.05, 3.63) is 40.1 Å². The number of aryl methyl sites for hydroxylation is 2. The van der Waals surface area contributed by atoms with E-state index in [2.05, 4.69) is 21.1 Å². The second-order valence-electron chi connectivity index (χ2n) is 6.26. The third-order valence-corrected chi connectivity index (χ3v) is 5.35. The first-order chi connectivity index (χ1) is 9.96. The fourth-order valence-electron chi connectivity index (χ4n) is 2.82. The average molecular weight is 303 g/mol. The zero-order chi connectivity index (χ0) is 15.0. The monoisotopic (exact) mass is 303 g/mol. The first-order valence-electron chi connectivity index (χ1n) is 7.34. The molecule has 21 heavy (non-hydrogen) atoms. The molecule has 0 aliphatic carbocycles. The molecule has 1 aliphatic rings. The molecule has 1 N–H and O–H groups in total. The molecule has 3 rings (SSSR count). The van der Waals surface area contributed by atoms with E-state index in [1.807, 2.05) is 38.3 Å². The summed E-state index contributed by atoms with van der Waals surface area (Å²) in [5, 5.41) is 5.24. The van der Waals surface area contributed by atoms with Crippen LogP contribution in [-0.4, -0.2) is 21.5 Å². The number of fused-ring (bicyclic) bond motifs is 1. The molecule has 0 unspecified atom stereocenters. The topological polar surface area (TPSA) is 46.9 Å². The van der Waals surface area contributed by atoms with Crippen LogP contribution in [0.5, 0.6) is 0 Å². The lowest BCUT2D eigenvalue weighted by Crippen LogP contribution is -2.47. The summed E-state index contributed by atoms with van der Waals surface area (Å²) < 4.78 is 2.17. The number of hydrogen-bond acceptors (Lipinski definition) is 3. The Kier molecular flexibility index (Phi) is 3.61. The van der Waals surface area contributed by atoms with Crippen molar-refractivity contribution < 1.29 is 4.79 Å². The normalized spacial score (nSPS) is 18.3. The van der Waals surface area contributed by atoms with Crippen molar-refractivity contribution in [2.45, 2.75) is 51.6 Å². The van der Waals surface area contributed by atoms with Gasteiger partial charge < -0.3 is 9.88 Å². The molecule has 0 spiro atoms. The van der Waals surface area contributed by atoms with Gasteiger partial charge in [-0.05, 0) is 38.6 Å². The third kappa shape index (κ3) is 2.75. The number of nitrogens with one attached hydrogen (secondary N) is 1. The molecule has 3 heterocycles. The van der Waals surface area contributed by atoms with Gasteiger partial charge in [-0.1, -0.05) is 6.07 Å². The van der Waals surface area contributed by atoms with E-state index in [1.165, 1.54) is 0 Å². The van der Waals surface area contributed by atoms with Gasteiger partial charge in [0.05, 0.1) is 11.1 Å². The molecule has 4 nitrogen and oxygen atoms in total. The quantitative estimate of drug-likeness (QED) is 0.947. The molecule has 0 bridgehead atoms. The summed E-state index contributed by atoms with van der Waals surface area (Å²) in [6, 6.07) is 4.22. The van der Waals surface area contributed by atoms with Gasteiger partial charge in [0, 0.05) is 30.1 Å². The van der Waals surface area contributed by atoms with Gasteiger partial charge in [0.25, 0.3) is 0 Å². The van der Waals surface area contributed by atoms with E-state index >= 15 is 0 Å². The van der Waals surface area contributed by atoms with E-state index in [0.717, 1.165) is 35.8 Å². The van der Waals surface area contributed by atoms with Crippen LogP contribution in [0.3, 0.4) is 0 Å². The highest BCUT2D eigenvalue weighted by molar-refractivity contribution is 7.10. The average Bonchev–Trinajstić information content (AvgIpc) is 3.06. The molecule has 2 aromatic heterocycles. The summed E-state index contributed by atoms with van der Waals surface area (Å²) in [4.78, 5) is 18.2. The molecule has 1 amide bonds. The number of hydrogen-bond donors (Lipinski definition) is 1. The smallest absolute Gasteiger partial charge is 0.231 e. The van der Waals surface area contributed by atoms with Gasteiger partial charge >= 0.3 is 0 Å². The Hall–Kier alpha value is -1.62. The van der Waals surface area contributed by atoms with Crippen LogP contribution in [0.15, 0.2) is 23.7 Å². The van der Waals surface area contributed by atoms with Crippen molar-refractivity contribution >= 4 is 17.2 Å². The molecular weight excluding hydrogens is 282 g/mol. The molecule has 2 aromatic rings. The number of carbonyl (C=O) groups is 1. The highest BCUT2D eigenvalue weighted by atomic mass is 32.1. The number of aromatic nitrogens is 2. The summed E-state index contributed by atoms with van der Waals surface area (Å²) in [7, 11) is 0. The fraction of sp³-hybridized carbons (Fsp3) is 0.500. The van der Waals surface area contributed by atoms with Crippen LogP contribution in [0, 0.1) is 6.92 Å². The van der Waals surface area contributed by atoms with Crippen molar-refractivity contribution in [2.24, 2.45) is 0 Å². The molecule has 0 saturated carbocycles. The minimum atomic E-state index is -0.473. The van der Waals surface area contributed by atoms with Crippen LogP contribution in [0.25, 0.3) is 0 Å². The van der Waals surface area contributed by atoms with Crippen molar-refractivity contribution in [1.29, 1.82) is 0 Å². The molecular formula is C16H21N3OS. The van der Waals surface area contributed by atoms with Crippen LogP contribution < -0.4 is 5.32 Å².